The number of aldehydes is 1. The molecule has 0 unspecified atom stereocenters. The molecule has 17 heavy (non-hydrogen) atoms. The number of rotatable bonds is 1. The number of aromatic nitrogens is 2. The zero-order valence-corrected chi connectivity index (χ0v) is 8.96. The van der Waals surface area contributed by atoms with Gasteiger partial charge in [-0.2, -0.15) is 0 Å². The Balaban J connectivity index is 2.23. The number of benzene rings is 1. The van der Waals surface area contributed by atoms with Crippen LogP contribution in [0.5, 0.6) is 5.88 Å². The lowest BCUT2D eigenvalue weighted by Crippen LogP contribution is -2.29. The van der Waals surface area contributed by atoms with E-state index in [2.05, 4.69) is 0 Å². The van der Waals surface area contributed by atoms with Gasteiger partial charge in [-0.05, 0) is 11.1 Å². The molecule has 1 aliphatic heterocycles. The maximum Gasteiger partial charge on any atom is 0.281 e. The molecule has 0 saturated carbocycles. The van der Waals surface area contributed by atoms with Gasteiger partial charge < -0.3 is 5.11 Å². The van der Waals surface area contributed by atoms with Crippen LogP contribution < -0.4 is 5.56 Å². The second-order valence-electron chi connectivity index (χ2n) is 4.04. The molecular formula is C12H10N2O3. The topological polar surface area (TPSA) is 64.2 Å². The van der Waals surface area contributed by atoms with E-state index in [1.807, 2.05) is 24.3 Å². The van der Waals surface area contributed by atoms with E-state index >= 15 is 0 Å². The van der Waals surface area contributed by atoms with Crippen molar-refractivity contribution in [3.05, 3.63) is 51.3 Å². The van der Waals surface area contributed by atoms with Crippen LogP contribution in [0.15, 0.2) is 29.1 Å². The smallest absolute Gasteiger partial charge is 0.281 e. The van der Waals surface area contributed by atoms with Crippen molar-refractivity contribution >= 4 is 6.29 Å². The first-order valence-corrected chi connectivity index (χ1v) is 5.27. The van der Waals surface area contributed by atoms with Crippen molar-refractivity contribution in [3.8, 4) is 5.88 Å². The molecule has 0 aliphatic carbocycles. The summed E-state index contributed by atoms with van der Waals surface area (Å²) >= 11 is 0. The zero-order valence-electron chi connectivity index (χ0n) is 8.96. The quantitative estimate of drug-likeness (QED) is 0.622. The number of carbonyl (C=O) groups is 1. The normalized spacial score (nSPS) is 12.9. The molecule has 0 saturated heterocycles. The fraction of sp³-hybridized carbons (Fsp3) is 0.167. The van der Waals surface area contributed by atoms with Crippen LogP contribution in [0.4, 0.5) is 0 Å². The molecule has 1 N–H and O–H groups in total. The molecule has 0 bridgehead atoms. The molecule has 0 atom stereocenters. The largest absolute Gasteiger partial charge is 0.493 e. The number of hydrogen-bond donors (Lipinski definition) is 1. The van der Waals surface area contributed by atoms with Gasteiger partial charge >= 0.3 is 0 Å². The highest BCUT2D eigenvalue weighted by atomic mass is 16.3. The molecule has 3 rings (SSSR count). The van der Waals surface area contributed by atoms with Gasteiger partial charge in [-0.15, -0.1) is 0 Å². The summed E-state index contributed by atoms with van der Waals surface area (Å²) in [6, 6.07) is 7.70. The molecule has 0 fully saturated rings. The summed E-state index contributed by atoms with van der Waals surface area (Å²) in [5, 5.41) is 9.79. The zero-order chi connectivity index (χ0) is 12.0. The Morgan fingerprint density at radius 2 is 1.71 bits per heavy atom. The van der Waals surface area contributed by atoms with Gasteiger partial charge in [-0.25, -0.2) is 9.36 Å². The van der Waals surface area contributed by atoms with Crippen molar-refractivity contribution in [2.75, 3.05) is 0 Å². The molecule has 5 nitrogen and oxygen atoms in total. The minimum Gasteiger partial charge on any atom is -0.493 e. The highest BCUT2D eigenvalue weighted by Gasteiger charge is 2.23. The molecule has 1 aromatic carbocycles. The second kappa shape index (κ2) is 3.35. The number of carbonyl (C=O) groups excluding carboxylic acids is 1. The first kappa shape index (κ1) is 9.89. The molecule has 0 radical (unpaired) electrons. The molecule has 2 aromatic rings. The third-order valence-corrected chi connectivity index (χ3v) is 3.12. The Labute approximate surface area is 96.5 Å². The molecule has 0 spiro atoms. The predicted octanol–water partition coefficient (Wildman–Crippen LogP) is 0.578. The van der Waals surface area contributed by atoms with Gasteiger partial charge in [0.2, 0.25) is 5.88 Å². The van der Waals surface area contributed by atoms with E-state index in [-0.39, 0.29) is 11.4 Å². The van der Waals surface area contributed by atoms with E-state index in [9.17, 15) is 14.7 Å². The fourth-order valence-corrected chi connectivity index (χ4v) is 2.21. The Bertz CT molecular complexity index is 667. The van der Waals surface area contributed by atoms with Gasteiger partial charge in [0, 0.05) is 0 Å². The van der Waals surface area contributed by atoms with Gasteiger partial charge in [0.05, 0.1) is 13.1 Å². The van der Waals surface area contributed by atoms with Crippen LogP contribution in [0.25, 0.3) is 0 Å². The lowest BCUT2D eigenvalue weighted by molar-refractivity contribution is 0.111. The monoisotopic (exact) mass is 230 g/mol. The van der Waals surface area contributed by atoms with E-state index in [0.29, 0.717) is 19.4 Å². The van der Waals surface area contributed by atoms with E-state index in [0.717, 1.165) is 11.1 Å². The van der Waals surface area contributed by atoms with Crippen molar-refractivity contribution in [2.24, 2.45) is 0 Å². The molecule has 0 amide bonds. The van der Waals surface area contributed by atoms with E-state index in [1.165, 1.54) is 9.36 Å². The Morgan fingerprint density at radius 1 is 1.12 bits per heavy atom. The highest BCUT2D eigenvalue weighted by Crippen LogP contribution is 2.22. The van der Waals surface area contributed by atoms with Gasteiger partial charge in [0.25, 0.3) is 5.56 Å². The summed E-state index contributed by atoms with van der Waals surface area (Å²) in [6.07, 6.45) is 0.403. The third-order valence-electron chi connectivity index (χ3n) is 3.12. The maximum atomic E-state index is 11.8. The van der Waals surface area contributed by atoms with Gasteiger partial charge in [-0.3, -0.25) is 9.59 Å². The lowest BCUT2D eigenvalue weighted by Gasteiger charge is -2.20. The standard InChI is InChI=1S/C12H10N2O3/c15-7-10-11(16)13-5-8-3-1-2-4-9(8)6-14(13)12(10)17/h1-4,7,16H,5-6H2. The highest BCUT2D eigenvalue weighted by molar-refractivity contribution is 5.77. The van der Waals surface area contributed by atoms with Gasteiger partial charge in [0.15, 0.2) is 6.29 Å². The van der Waals surface area contributed by atoms with E-state index < -0.39 is 5.56 Å². The summed E-state index contributed by atoms with van der Waals surface area (Å²) in [7, 11) is 0. The number of hydrogen-bond acceptors (Lipinski definition) is 3. The Morgan fingerprint density at radius 3 is 2.29 bits per heavy atom. The summed E-state index contributed by atoms with van der Waals surface area (Å²) < 4.78 is 2.83. The number of nitrogens with zero attached hydrogens (tertiary/aromatic N) is 2. The second-order valence-corrected chi connectivity index (χ2v) is 4.04. The van der Waals surface area contributed by atoms with E-state index in [1.54, 1.807) is 0 Å². The fourth-order valence-electron chi connectivity index (χ4n) is 2.21. The summed E-state index contributed by atoms with van der Waals surface area (Å²) in [5.74, 6) is -0.250. The summed E-state index contributed by atoms with van der Waals surface area (Å²) in [5.41, 5.74) is 1.48. The summed E-state index contributed by atoms with van der Waals surface area (Å²) in [4.78, 5) is 22.6. The van der Waals surface area contributed by atoms with Crippen LogP contribution in [0, 0.1) is 0 Å². The van der Waals surface area contributed by atoms with E-state index in [4.69, 9.17) is 0 Å². The van der Waals surface area contributed by atoms with Crippen molar-refractivity contribution in [1.29, 1.82) is 0 Å². The van der Waals surface area contributed by atoms with Crippen molar-refractivity contribution < 1.29 is 9.90 Å². The van der Waals surface area contributed by atoms with Crippen LogP contribution in [-0.4, -0.2) is 20.8 Å². The van der Waals surface area contributed by atoms with Gasteiger partial charge in [-0.1, -0.05) is 24.3 Å². The maximum absolute atomic E-state index is 11.8. The molecule has 2 heterocycles. The first-order valence-electron chi connectivity index (χ1n) is 5.27. The third kappa shape index (κ3) is 1.25. The van der Waals surface area contributed by atoms with Crippen LogP contribution in [0.2, 0.25) is 0 Å². The van der Waals surface area contributed by atoms with Crippen LogP contribution in [-0.2, 0) is 13.1 Å². The number of fused-ring (bicyclic) bond motifs is 2. The van der Waals surface area contributed by atoms with Gasteiger partial charge in [0.1, 0.15) is 5.56 Å². The SMILES string of the molecule is O=Cc1c(O)n2n(c1=O)Cc1ccccc1C2. The van der Waals surface area contributed by atoms with Crippen molar-refractivity contribution in [2.45, 2.75) is 13.1 Å². The minimum absolute atomic E-state index is 0.169. The number of aromatic hydroxyl groups is 1. The molecular weight excluding hydrogens is 220 g/mol. The van der Waals surface area contributed by atoms with Crippen molar-refractivity contribution in [1.82, 2.24) is 9.36 Å². The Kier molecular flexibility index (Phi) is 1.95. The molecule has 86 valence electrons. The first-order chi connectivity index (χ1) is 8.22. The van der Waals surface area contributed by atoms with Crippen LogP contribution >= 0.6 is 0 Å². The molecule has 1 aromatic heterocycles. The average Bonchev–Trinajstić information content (AvgIpc) is 2.59. The van der Waals surface area contributed by atoms with Crippen LogP contribution in [0.1, 0.15) is 21.5 Å². The summed E-state index contributed by atoms with van der Waals surface area (Å²) in [6.45, 7) is 0.793. The predicted molar refractivity (Wildman–Crippen MR) is 60.4 cm³/mol. The lowest BCUT2D eigenvalue weighted by atomic mass is 10.1. The van der Waals surface area contributed by atoms with Crippen LogP contribution in [0.3, 0.4) is 0 Å². The molecule has 1 aliphatic rings. The van der Waals surface area contributed by atoms with Crippen molar-refractivity contribution in [3.63, 3.8) is 0 Å². The average molecular weight is 230 g/mol. The molecule has 5 heteroatoms. The minimum atomic E-state index is -0.438. The Hall–Kier alpha value is -2.30.